The topological polar surface area (TPSA) is 41.6 Å². The van der Waals surface area contributed by atoms with Crippen molar-refractivity contribution in [1.82, 2.24) is 5.32 Å². The number of nitrogens with zero attached hydrogens (tertiary/aromatic N) is 1. The molecule has 0 saturated heterocycles. The van der Waals surface area contributed by atoms with E-state index in [2.05, 4.69) is 28.4 Å². The molecule has 1 amide bonds. The molecule has 2 aromatic carbocycles. The van der Waals surface area contributed by atoms with E-state index in [0.717, 1.165) is 30.8 Å². The minimum absolute atomic E-state index is 0.0696. The van der Waals surface area contributed by atoms with E-state index in [-0.39, 0.29) is 5.91 Å². The maximum Gasteiger partial charge on any atom is 0.260 e. The van der Waals surface area contributed by atoms with Crippen molar-refractivity contribution in [1.29, 1.82) is 0 Å². The molecule has 2 aromatic rings. The summed E-state index contributed by atoms with van der Waals surface area (Å²) >= 11 is 0. The Morgan fingerprint density at radius 1 is 1.12 bits per heavy atom. The van der Waals surface area contributed by atoms with Gasteiger partial charge in [-0.05, 0) is 61.9 Å². The van der Waals surface area contributed by atoms with Gasteiger partial charge in [-0.2, -0.15) is 0 Å². The van der Waals surface area contributed by atoms with Gasteiger partial charge in [0, 0.05) is 25.8 Å². The van der Waals surface area contributed by atoms with Crippen molar-refractivity contribution in [2.24, 2.45) is 0 Å². The molecule has 26 heavy (non-hydrogen) atoms. The molecule has 0 bridgehead atoms. The first-order valence-corrected chi connectivity index (χ1v) is 9.46. The standard InChI is InChI=1S/C22H28N2O2/c1-17(26-21-14-8-10-18-9-6-7-13-20(18)21)22(25)23-15-16-24(2)19-11-4-3-5-12-19/h3-5,8,10-12,14,17H,6-7,9,13,15-16H2,1-2H3,(H,23,25)/t17-/m0/s1. The highest BCUT2D eigenvalue weighted by Crippen LogP contribution is 2.30. The molecule has 0 radical (unpaired) electrons. The lowest BCUT2D eigenvalue weighted by molar-refractivity contribution is -0.127. The number of benzene rings is 2. The number of ether oxygens (including phenoxy) is 1. The summed E-state index contributed by atoms with van der Waals surface area (Å²) < 4.78 is 5.99. The molecule has 4 nitrogen and oxygen atoms in total. The molecule has 4 heteroatoms. The fourth-order valence-corrected chi connectivity index (χ4v) is 3.40. The molecule has 0 aliphatic heterocycles. The number of para-hydroxylation sites is 1. The highest BCUT2D eigenvalue weighted by atomic mass is 16.5. The van der Waals surface area contributed by atoms with Crippen LogP contribution >= 0.6 is 0 Å². The molecule has 1 N–H and O–H groups in total. The molecule has 0 fully saturated rings. The molecule has 138 valence electrons. The maximum absolute atomic E-state index is 12.4. The molecule has 0 saturated carbocycles. The zero-order valence-electron chi connectivity index (χ0n) is 15.7. The highest BCUT2D eigenvalue weighted by molar-refractivity contribution is 5.80. The number of hydrogen-bond donors (Lipinski definition) is 1. The Balaban J connectivity index is 1.49. The largest absolute Gasteiger partial charge is 0.481 e. The van der Waals surface area contributed by atoms with Crippen molar-refractivity contribution < 1.29 is 9.53 Å². The van der Waals surface area contributed by atoms with Crippen LogP contribution in [-0.2, 0) is 17.6 Å². The van der Waals surface area contributed by atoms with Crippen LogP contribution in [0.2, 0.25) is 0 Å². The van der Waals surface area contributed by atoms with E-state index in [1.54, 1.807) is 0 Å². The number of carbonyl (C=O) groups excluding carboxylic acids is 1. The van der Waals surface area contributed by atoms with E-state index in [9.17, 15) is 4.79 Å². The molecule has 1 aliphatic rings. The van der Waals surface area contributed by atoms with Gasteiger partial charge in [0.05, 0.1) is 0 Å². The summed E-state index contributed by atoms with van der Waals surface area (Å²) in [5, 5.41) is 2.98. The van der Waals surface area contributed by atoms with E-state index in [1.807, 2.05) is 44.3 Å². The van der Waals surface area contributed by atoms with Crippen LogP contribution in [-0.4, -0.2) is 32.1 Å². The molecule has 1 atom stereocenters. The molecule has 0 heterocycles. The number of carbonyl (C=O) groups is 1. The lowest BCUT2D eigenvalue weighted by Crippen LogP contribution is -2.40. The number of anilines is 1. The number of hydrogen-bond acceptors (Lipinski definition) is 3. The first kappa shape index (κ1) is 18.3. The van der Waals surface area contributed by atoms with Crippen LogP contribution in [0, 0.1) is 0 Å². The van der Waals surface area contributed by atoms with Gasteiger partial charge >= 0.3 is 0 Å². The van der Waals surface area contributed by atoms with Gasteiger partial charge in [-0.3, -0.25) is 4.79 Å². The van der Waals surface area contributed by atoms with Gasteiger partial charge in [0.25, 0.3) is 5.91 Å². The van der Waals surface area contributed by atoms with Crippen molar-refractivity contribution in [2.45, 2.75) is 38.7 Å². The maximum atomic E-state index is 12.4. The van der Waals surface area contributed by atoms with Crippen molar-refractivity contribution in [3.05, 3.63) is 59.7 Å². The van der Waals surface area contributed by atoms with E-state index < -0.39 is 6.10 Å². The summed E-state index contributed by atoms with van der Waals surface area (Å²) in [6, 6.07) is 16.3. The second-order valence-electron chi connectivity index (χ2n) is 6.91. The lowest BCUT2D eigenvalue weighted by atomic mass is 9.91. The first-order chi connectivity index (χ1) is 12.6. The Morgan fingerprint density at radius 2 is 1.88 bits per heavy atom. The molecular weight excluding hydrogens is 324 g/mol. The smallest absolute Gasteiger partial charge is 0.260 e. The van der Waals surface area contributed by atoms with Gasteiger partial charge in [-0.1, -0.05) is 30.3 Å². The van der Waals surface area contributed by atoms with Gasteiger partial charge in [-0.15, -0.1) is 0 Å². The monoisotopic (exact) mass is 352 g/mol. The van der Waals surface area contributed by atoms with Crippen molar-refractivity contribution in [3.63, 3.8) is 0 Å². The lowest BCUT2D eigenvalue weighted by Gasteiger charge is -2.23. The van der Waals surface area contributed by atoms with Gasteiger partial charge in [0.15, 0.2) is 6.10 Å². The van der Waals surface area contributed by atoms with Gasteiger partial charge in [0.2, 0.25) is 0 Å². The number of likely N-dealkylation sites (N-methyl/N-ethyl adjacent to an activating group) is 1. The Kier molecular flexibility index (Phi) is 6.16. The predicted molar refractivity (Wildman–Crippen MR) is 106 cm³/mol. The van der Waals surface area contributed by atoms with Gasteiger partial charge in [-0.25, -0.2) is 0 Å². The fraction of sp³-hybridized carbons (Fsp3) is 0.409. The van der Waals surface area contributed by atoms with Crippen molar-refractivity contribution in [3.8, 4) is 5.75 Å². The molecular formula is C22H28N2O2. The number of fused-ring (bicyclic) bond motifs is 1. The van der Waals surface area contributed by atoms with E-state index in [0.29, 0.717) is 6.54 Å². The Labute approximate surface area is 156 Å². The summed E-state index contributed by atoms with van der Waals surface area (Å²) in [6.45, 7) is 3.16. The second kappa shape index (κ2) is 8.75. The normalized spacial score (nSPS) is 14.2. The van der Waals surface area contributed by atoms with Crippen molar-refractivity contribution in [2.75, 3.05) is 25.0 Å². The Morgan fingerprint density at radius 3 is 2.69 bits per heavy atom. The SMILES string of the molecule is C[C@H](Oc1cccc2c1CCCC2)C(=O)NCCN(C)c1ccccc1. The van der Waals surface area contributed by atoms with E-state index in [1.165, 1.54) is 24.0 Å². The summed E-state index contributed by atoms with van der Waals surface area (Å²) in [4.78, 5) is 14.5. The number of aryl methyl sites for hydroxylation is 1. The summed E-state index contributed by atoms with van der Waals surface area (Å²) in [5.74, 6) is 0.797. The van der Waals surface area contributed by atoms with Crippen LogP contribution in [0.25, 0.3) is 0 Å². The van der Waals surface area contributed by atoms with E-state index >= 15 is 0 Å². The fourth-order valence-electron chi connectivity index (χ4n) is 3.40. The van der Waals surface area contributed by atoms with Crippen LogP contribution < -0.4 is 15.0 Å². The quantitative estimate of drug-likeness (QED) is 0.828. The third kappa shape index (κ3) is 4.57. The number of amides is 1. The number of nitrogens with one attached hydrogen (secondary N) is 1. The second-order valence-corrected chi connectivity index (χ2v) is 6.91. The molecule has 1 aliphatic carbocycles. The summed E-state index contributed by atoms with van der Waals surface area (Å²) in [7, 11) is 2.03. The molecule has 0 unspecified atom stereocenters. The minimum Gasteiger partial charge on any atom is -0.481 e. The Hall–Kier alpha value is -2.49. The number of rotatable bonds is 7. The summed E-state index contributed by atoms with van der Waals surface area (Å²) in [6.07, 6.45) is 4.09. The average molecular weight is 352 g/mol. The van der Waals surface area contributed by atoms with Crippen LogP contribution in [0.1, 0.15) is 30.9 Å². The van der Waals surface area contributed by atoms with Gasteiger partial charge in [0.1, 0.15) is 5.75 Å². The van der Waals surface area contributed by atoms with Crippen LogP contribution in [0.15, 0.2) is 48.5 Å². The zero-order chi connectivity index (χ0) is 18.4. The van der Waals surface area contributed by atoms with E-state index in [4.69, 9.17) is 4.74 Å². The van der Waals surface area contributed by atoms with Crippen LogP contribution in [0.3, 0.4) is 0 Å². The van der Waals surface area contributed by atoms with Gasteiger partial charge < -0.3 is 15.0 Å². The van der Waals surface area contributed by atoms with Crippen LogP contribution in [0.4, 0.5) is 5.69 Å². The third-order valence-electron chi connectivity index (χ3n) is 4.97. The molecule has 3 rings (SSSR count). The molecule has 0 aromatic heterocycles. The zero-order valence-corrected chi connectivity index (χ0v) is 15.7. The van der Waals surface area contributed by atoms with Crippen LogP contribution in [0.5, 0.6) is 5.75 Å². The summed E-state index contributed by atoms with van der Waals surface area (Å²) in [5.41, 5.74) is 3.79. The molecule has 0 spiro atoms. The average Bonchev–Trinajstić information content (AvgIpc) is 2.68. The third-order valence-corrected chi connectivity index (χ3v) is 4.97. The highest BCUT2D eigenvalue weighted by Gasteiger charge is 2.19. The predicted octanol–water partition coefficient (Wildman–Crippen LogP) is 3.59. The Bertz CT molecular complexity index is 730. The first-order valence-electron chi connectivity index (χ1n) is 9.46. The minimum atomic E-state index is -0.495. The van der Waals surface area contributed by atoms with Crippen molar-refractivity contribution >= 4 is 11.6 Å².